The average Bonchev–Trinajstić information content (AvgIpc) is 2.88. The summed E-state index contributed by atoms with van der Waals surface area (Å²) in [4.78, 5) is 13.1. The first-order chi connectivity index (χ1) is 18.5. The van der Waals surface area contributed by atoms with Crippen LogP contribution >= 0.6 is 0 Å². The van der Waals surface area contributed by atoms with Crippen LogP contribution in [0.4, 0.5) is 0 Å². The van der Waals surface area contributed by atoms with Gasteiger partial charge in [0.15, 0.2) is 0 Å². The monoisotopic (exact) mass is 556 g/mol. The van der Waals surface area contributed by atoms with Crippen LogP contribution in [0.2, 0.25) is 0 Å². The van der Waals surface area contributed by atoms with Crippen LogP contribution in [-0.4, -0.2) is 52.1 Å². The molecule has 4 saturated carbocycles. The second-order valence-corrected chi connectivity index (χ2v) is 17.3. The summed E-state index contributed by atoms with van der Waals surface area (Å²) in [5.74, 6) is 1.96. The zero-order chi connectivity index (χ0) is 29.1. The van der Waals surface area contributed by atoms with Crippen LogP contribution in [0.1, 0.15) is 119 Å². The first kappa shape index (κ1) is 29.3. The van der Waals surface area contributed by atoms with Crippen molar-refractivity contribution in [2.75, 3.05) is 6.61 Å². The Morgan fingerprint density at radius 3 is 2.30 bits per heavy atom. The normalized spacial score (nSPS) is 53.4. The molecule has 11 atom stereocenters. The molecule has 6 aliphatic rings. The van der Waals surface area contributed by atoms with Crippen molar-refractivity contribution in [1.82, 2.24) is 0 Å². The minimum atomic E-state index is -1.14. The van der Waals surface area contributed by atoms with E-state index >= 15 is 0 Å². The van der Waals surface area contributed by atoms with E-state index in [2.05, 4.69) is 54.5 Å². The van der Waals surface area contributed by atoms with E-state index in [9.17, 15) is 20.1 Å². The molecule has 1 saturated heterocycles. The summed E-state index contributed by atoms with van der Waals surface area (Å²) in [6.45, 7) is 17.1. The molecule has 40 heavy (non-hydrogen) atoms. The van der Waals surface area contributed by atoms with Crippen molar-refractivity contribution in [2.45, 2.75) is 144 Å². The van der Waals surface area contributed by atoms with Gasteiger partial charge in [-0.1, -0.05) is 60.1 Å². The number of ether oxygens (including phenoxy) is 1. The van der Waals surface area contributed by atoms with Gasteiger partial charge < -0.3 is 20.1 Å². The molecule has 5 fully saturated rings. The van der Waals surface area contributed by atoms with E-state index in [4.69, 9.17) is 4.74 Å². The van der Waals surface area contributed by atoms with E-state index < -0.39 is 24.4 Å². The van der Waals surface area contributed by atoms with E-state index in [-0.39, 0.29) is 39.1 Å². The molecular formula is C35H56O5. The molecule has 5 unspecified atom stereocenters. The Kier molecular flexibility index (Phi) is 6.69. The second kappa shape index (κ2) is 9.13. The Labute approximate surface area is 242 Å². The van der Waals surface area contributed by atoms with Gasteiger partial charge in [-0.15, -0.1) is 0 Å². The summed E-state index contributed by atoms with van der Waals surface area (Å²) in [6, 6.07) is 0. The van der Waals surface area contributed by atoms with Crippen molar-refractivity contribution in [1.29, 1.82) is 0 Å². The maximum atomic E-state index is 13.1. The topological polar surface area (TPSA) is 87.0 Å². The fourth-order valence-electron chi connectivity index (χ4n) is 12.0. The van der Waals surface area contributed by atoms with E-state index in [1.165, 1.54) is 12.8 Å². The molecule has 3 N–H and O–H groups in total. The lowest BCUT2D eigenvalue weighted by Gasteiger charge is -2.71. The van der Waals surface area contributed by atoms with Crippen LogP contribution < -0.4 is 0 Å². The fraction of sp³-hybridized carbons (Fsp3) is 0.914. The Morgan fingerprint density at radius 1 is 0.875 bits per heavy atom. The van der Waals surface area contributed by atoms with Gasteiger partial charge in [-0.3, -0.25) is 4.79 Å². The summed E-state index contributed by atoms with van der Waals surface area (Å²) in [6.07, 6.45) is 10.7. The highest BCUT2D eigenvalue weighted by atomic mass is 16.5. The zero-order valence-electron chi connectivity index (χ0n) is 26.3. The van der Waals surface area contributed by atoms with Crippen LogP contribution in [0, 0.1) is 50.2 Å². The number of hydrogen-bond donors (Lipinski definition) is 3. The zero-order valence-corrected chi connectivity index (χ0v) is 26.3. The molecular weight excluding hydrogens is 500 g/mol. The Balaban J connectivity index is 1.38. The summed E-state index contributed by atoms with van der Waals surface area (Å²) in [5, 5.41) is 31.5. The number of carbonyl (C=O) groups is 1. The third-order valence-electron chi connectivity index (χ3n) is 14.8. The minimum absolute atomic E-state index is 0.0536. The van der Waals surface area contributed by atoms with Gasteiger partial charge in [-0.05, 0) is 109 Å². The fourth-order valence-corrected chi connectivity index (χ4v) is 12.0. The Hall–Kier alpha value is -0.750. The van der Waals surface area contributed by atoms with Crippen molar-refractivity contribution >= 4 is 5.78 Å². The molecule has 5 nitrogen and oxygen atoms in total. The van der Waals surface area contributed by atoms with Gasteiger partial charge in [-0.25, -0.2) is 0 Å². The van der Waals surface area contributed by atoms with E-state index in [1.807, 2.05) is 0 Å². The SMILES string of the molecule is CC1(C)CC[C@]2(C[C@@H]3OC[C@@H](O)C(O)C3O)CC[C@]3(C)C(=CCC4[C@@]5(C)CCC(=O)C(C)(C)C5CC[C@]43C)C2C1. The molecule has 0 spiro atoms. The molecule has 0 aromatic rings. The standard InChI is InChI=1S/C35H56O5/c1-30(2)14-16-35(19-24-29(39)28(38)23(36)20-40-24)17-15-33(6)21(22(35)18-30)8-9-26-32(5)12-11-27(37)31(3,4)25(32)10-13-34(26,33)7/h8,22-26,28-29,36,38-39H,9-20H2,1-7H3/t22?,23-,24+,25?,26?,28?,29?,32+,33-,34-,35-/m1/s1. The quantitative estimate of drug-likeness (QED) is 0.351. The van der Waals surface area contributed by atoms with Crippen molar-refractivity contribution in [3.8, 4) is 0 Å². The molecule has 0 aromatic carbocycles. The maximum Gasteiger partial charge on any atom is 0.138 e. The van der Waals surface area contributed by atoms with E-state index in [0.29, 0.717) is 23.5 Å². The van der Waals surface area contributed by atoms with Gasteiger partial charge in [0, 0.05) is 11.8 Å². The van der Waals surface area contributed by atoms with Crippen LogP contribution in [0.15, 0.2) is 11.6 Å². The molecule has 0 aromatic heterocycles. The molecule has 1 aliphatic heterocycles. The predicted molar refractivity (Wildman–Crippen MR) is 156 cm³/mol. The molecule has 5 aliphatic carbocycles. The molecule has 5 heteroatoms. The van der Waals surface area contributed by atoms with Gasteiger partial charge >= 0.3 is 0 Å². The third-order valence-corrected chi connectivity index (χ3v) is 14.8. The first-order valence-electron chi connectivity index (χ1n) is 16.4. The summed E-state index contributed by atoms with van der Waals surface area (Å²) in [7, 11) is 0. The van der Waals surface area contributed by atoms with Crippen molar-refractivity contribution in [2.24, 2.45) is 50.2 Å². The van der Waals surface area contributed by atoms with E-state index in [1.54, 1.807) is 5.57 Å². The first-order valence-corrected chi connectivity index (χ1v) is 16.4. The number of aliphatic hydroxyl groups excluding tert-OH is 3. The van der Waals surface area contributed by atoms with Crippen LogP contribution in [0.3, 0.4) is 0 Å². The van der Waals surface area contributed by atoms with Gasteiger partial charge in [0.05, 0.1) is 12.7 Å². The lowest BCUT2D eigenvalue weighted by Crippen LogP contribution is -2.64. The lowest BCUT2D eigenvalue weighted by molar-refractivity contribution is -0.207. The average molecular weight is 557 g/mol. The number of Topliss-reactive ketones (excluding diaryl/α,β-unsaturated/α-hetero) is 1. The number of carbonyl (C=O) groups excluding carboxylic acids is 1. The van der Waals surface area contributed by atoms with Gasteiger partial charge in [0.2, 0.25) is 0 Å². The highest BCUT2D eigenvalue weighted by Crippen LogP contribution is 2.76. The molecule has 1 heterocycles. The molecule has 0 bridgehead atoms. The molecule has 226 valence electrons. The van der Waals surface area contributed by atoms with Crippen LogP contribution in [0.5, 0.6) is 0 Å². The second-order valence-electron chi connectivity index (χ2n) is 17.3. The lowest BCUT2D eigenvalue weighted by atomic mass is 9.33. The molecule has 0 amide bonds. The van der Waals surface area contributed by atoms with Crippen molar-refractivity contribution in [3.63, 3.8) is 0 Å². The largest absolute Gasteiger partial charge is 0.388 e. The number of ketones is 1. The summed E-state index contributed by atoms with van der Waals surface area (Å²) >= 11 is 0. The van der Waals surface area contributed by atoms with Crippen LogP contribution in [-0.2, 0) is 9.53 Å². The Morgan fingerprint density at radius 2 is 1.57 bits per heavy atom. The molecule has 0 radical (unpaired) electrons. The summed E-state index contributed by atoms with van der Waals surface area (Å²) < 4.78 is 6.03. The molecule has 6 rings (SSSR count). The number of hydrogen-bond acceptors (Lipinski definition) is 5. The predicted octanol–water partition coefficient (Wildman–Crippen LogP) is 6.23. The number of aliphatic hydroxyl groups is 3. The summed E-state index contributed by atoms with van der Waals surface area (Å²) in [5.41, 5.74) is 2.28. The number of rotatable bonds is 2. The highest BCUT2D eigenvalue weighted by molar-refractivity contribution is 5.85. The van der Waals surface area contributed by atoms with Crippen molar-refractivity contribution in [3.05, 3.63) is 11.6 Å². The highest BCUT2D eigenvalue weighted by Gasteiger charge is 2.68. The minimum Gasteiger partial charge on any atom is -0.388 e. The van der Waals surface area contributed by atoms with Crippen LogP contribution in [0.25, 0.3) is 0 Å². The third kappa shape index (κ3) is 3.88. The van der Waals surface area contributed by atoms with Gasteiger partial charge in [-0.2, -0.15) is 0 Å². The Bertz CT molecular complexity index is 1080. The van der Waals surface area contributed by atoms with Gasteiger partial charge in [0.1, 0.15) is 24.1 Å². The maximum absolute atomic E-state index is 13.1. The van der Waals surface area contributed by atoms with Gasteiger partial charge in [0.25, 0.3) is 0 Å². The number of allylic oxidation sites excluding steroid dienone is 2. The van der Waals surface area contributed by atoms with E-state index in [0.717, 1.165) is 57.8 Å². The smallest absolute Gasteiger partial charge is 0.138 e. The van der Waals surface area contributed by atoms with Crippen molar-refractivity contribution < 1.29 is 24.9 Å². The number of fused-ring (bicyclic) bond motifs is 7.